The standard InChI is InChI=1S/C10H12N2O/c13-7-9-5-11-10(12-6-9)4-8-2-1-3-8/h5-8H,1-4H2. The normalized spacial score (nSPS) is 16.6. The van der Waals surface area contributed by atoms with E-state index in [1.165, 1.54) is 19.3 Å². The van der Waals surface area contributed by atoms with E-state index in [2.05, 4.69) is 9.97 Å². The van der Waals surface area contributed by atoms with Gasteiger partial charge in [0.2, 0.25) is 0 Å². The van der Waals surface area contributed by atoms with Gasteiger partial charge in [-0.25, -0.2) is 9.97 Å². The molecule has 1 fully saturated rings. The molecule has 0 bridgehead atoms. The van der Waals surface area contributed by atoms with Crippen molar-refractivity contribution in [1.29, 1.82) is 0 Å². The van der Waals surface area contributed by atoms with Crippen LogP contribution in [0.25, 0.3) is 0 Å². The molecule has 1 heterocycles. The van der Waals surface area contributed by atoms with E-state index >= 15 is 0 Å². The van der Waals surface area contributed by atoms with E-state index in [0.29, 0.717) is 5.56 Å². The van der Waals surface area contributed by atoms with Crippen molar-refractivity contribution in [2.45, 2.75) is 25.7 Å². The molecule has 1 aliphatic rings. The molecular weight excluding hydrogens is 164 g/mol. The molecule has 3 heteroatoms. The first-order valence-corrected chi connectivity index (χ1v) is 4.64. The fourth-order valence-electron chi connectivity index (χ4n) is 1.49. The average Bonchev–Trinajstić information content (AvgIpc) is 2.12. The van der Waals surface area contributed by atoms with E-state index < -0.39 is 0 Å². The van der Waals surface area contributed by atoms with Gasteiger partial charge in [-0.2, -0.15) is 0 Å². The molecule has 13 heavy (non-hydrogen) atoms. The maximum absolute atomic E-state index is 10.3. The Morgan fingerprint density at radius 1 is 1.38 bits per heavy atom. The molecule has 68 valence electrons. The Morgan fingerprint density at radius 2 is 2.08 bits per heavy atom. The number of carbonyl (C=O) groups is 1. The Balaban J connectivity index is 2.00. The molecule has 0 aromatic carbocycles. The van der Waals surface area contributed by atoms with Gasteiger partial charge < -0.3 is 0 Å². The van der Waals surface area contributed by atoms with Crippen molar-refractivity contribution in [3.05, 3.63) is 23.8 Å². The van der Waals surface area contributed by atoms with Crippen LogP contribution in [-0.2, 0) is 6.42 Å². The molecule has 1 aromatic rings. The minimum Gasteiger partial charge on any atom is -0.298 e. The Bertz CT molecular complexity index is 290. The summed E-state index contributed by atoms with van der Waals surface area (Å²) in [5, 5.41) is 0. The zero-order valence-corrected chi connectivity index (χ0v) is 7.44. The molecule has 0 N–H and O–H groups in total. The van der Waals surface area contributed by atoms with Gasteiger partial charge in [0.25, 0.3) is 0 Å². The van der Waals surface area contributed by atoms with Crippen molar-refractivity contribution in [1.82, 2.24) is 9.97 Å². The van der Waals surface area contributed by atoms with Gasteiger partial charge in [-0.1, -0.05) is 19.3 Å². The van der Waals surface area contributed by atoms with E-state index in [4.69, 9.17) is 0 Å². The number of hydrogen-bond acceptors (Lipinski definition) is 3. The van der Waals surface area contributed by atoms with Crippen molar-refractivity contribution in [2.75, 3.05) is 0 Å². The van der Waals surface area contributed by atoms with Gasteiger partial charge in [-0.15, -0.1) is 0 Å². The molecule has 0 spiro atoms. The van der Waals surface area contributed by atoms with Crippen LogP contribution >= 0.6 is 0 Å². The van der Waals surface area contributed by atoms with E-state index in [0.717, 1.165) is 24.4 Å². The second kappa shape index (κ2) is 3.64. The molecule has 0 amide bonds. The molecule has 1 aliphatic carbocycles. The Morgan fingerprint density at radius 3 is 2.54 bits per heavy atom. The lowest BCUT2D eigenvalue weighted by atomic mass is 9.83. The van der Waals surface area contributed by atoms with Crippen molar-refractivity contribution < 1.29 is 4.79 Å². The van der Waals surface area contributed by atoms with Crippen LogP contribution in [0.4, 0.5) is 0 Å². The van der Waals surface area contributed by atoms with E-state index in [9.17, 15) is 4.79 Å². The zero-order valence-electron chi connectivity index (χ0n) is 7.44. The highest BCUT2D eigenvalue weighted by Crippen LogP contribution is 2.28. The first-order valence-electron chi connectivity index (χ1n) is 4.64. The van der Waals surface area contributed by atoms with Crippen molar-refractivity contribution in [3.63, 3.8) is 0 Å². The predicted molar refractivity (Wildman–Crippen MR) is 48.5 cm³/mol. The van der Waals surface area contributed by atoms with Crippen LogP contribution in [0.5, 0.6) is 0 Å². The summed E-state index contributed by atoms with van der Waals surface area (Å²) < 4.78 is 0. The number of rotatable bonds is 3. The molecule has 3 nitrogen and oxygen atoms in total. The number of aromatic nitrogens is 2. The summed E-state index contributed by atoms with van der Waals surface area (Å²) in [6.07, 6.45) is 8.88. The monoisotopic (exact) mass is 176 g/mol. The fraction of sp³-hybridized carbons (Fsp3) is 0.500. The summed E-state index contributed by atoms with van der Waals surface area (Å²) in [7, 11) is 0. The highest BCUT2D eigenvalue weighted by molar-refractivity contribution is 5.73. The number of hydrogen-bond donors (Lipinski definition) is 0. The topological polar surface area (TPSA) is 42.9 Å². The van der Waals surface area contributed by atoms with Crippen LogP contribution in [0.2, 0.25) is 0 Å². The highest BCUT2D eigenvalue weighted by Gasteiger charge is 2.18. The van der Waals surface area contributed by atoms with Crippen LogP contribution < -0.4 is 0 Å². The summed E-state index contributed by atoms with van der Waals surface area (Å²) >= 11 is 0. The third kappa shape index (κ3) is 1.91. The van der Waals surface area contributed by atoms with E-state index in [1.54, 1.807) is 12.4 Å². The predicted octanol–water partition coefficient (Wildman–Crippen LogP) is 1.63. The fourth-order valence-corrected chi connectivity index (χ4v) is 1.49. The lowest BCUT2D eigenvalue weighted by Crippen LogP contribution is -2.15. The van der Waals surface area contributed by atoms with Crippen LogP contribution in [0.1, 0.15) is 35.4 Å². The summed E-state index contributed by atoms with van der Waals surface area (Å²) in [4.78, 5) is 18.6. The summed E-state index contributed by atoms with van der Waals surface area (Å²) in [5.41, 5.74) is 0.553. The minimum atomic E-state index is 0.553. The van der Waals surface area contributed by atoms with Gasteiger partial charge in [0.05, 0.1) is 5.56 Å². The molecule has 2 rings (SSSR count). The molecule has 1 saturated carbocycles. The molecule has 0 unspecified atom stereocenters. The van der Waals surface area contributed by atoms with Crippen LogP contribution in [0.3, 0.4) is 0 Å². The van der Waals surface area contributed by atoms with Crippen LogP contribution in [0, 0.1) is 5.92 Å². The van der Waals surface area contributed by atoms with Crippen LogP contribution in [0.15, 0.2) is 12.4 Å². The minimum absolute atomic E-state index is 0.553. The SMILES string of the molecule is O=Cc1cnc(CC2CCC2)nc1. The summed E-state index contributed by atoms with van der Waals surface area (Å²) in [5.74, 6) is 1.65. The maximum atomic E-state index is 10.3. The Labute approximate surface area is 77.2 Å². The molecule has 0 aliphatic heterocycles. The van der Waals surface area contributed by atoms with Crippen LogP contribution in [-0.4, -0.2) is 16.3 Å². The molecule has 0 radical (unpaired) electrons. The first-order chi connectivity index (χ1) is 6.38. The highest BCUT2D eigenvalue weighted by atomic mass is 16.1. The lowest BCUT2D eigenvalue weighted by Gasteiger charge is -2.24. The molecule has 0 atom stereocenters. The Kier molecular flexibility index (Phi) is 2.34. The molecule has 0 saturated heterocycles. The van der Waals surface area contributed by atoms with Crippen molar-refractivity contribution >= 4 is 6.29 Å². The van der Waals surface area contributed by atoms with E-state index in [1.807, 2.05) is 0 Å². The quantitative estimate of drug-likeness (QED) is 0.657. The van der Waals surface area contributed by atoms with Crippen molar-refractivity contribution in [2.24, 2.45) is 5.92 Å². The van der Waals surface area contributed by atoms with Gasteiger partial charge in [0.1, 0.15) is 5.82 Å². The lowest BCUT2D eigenvalue weighted by molar-refractivity contribution is 0.112. The number of aldehydes is 1. The van der Waals surface area contributed by atoms with Crippen molar-refractivity contribution in [3.8, 4) is 0 Å². The Hall–Kier alpha value is -1.25. The molecule has 1 aromatic heterocycles. The number of nitrogens with zero attached hydrogens (tertiary/aromatic N) is 2. The molecular formula is C10H12N2O. The van der Waals surface area contributed by atoms with Gasteiger partial charge in [-0.05, 0) is 5.92 Å². The largest absolute Gasteiger partial charge is 0.298 e. The second-order valence-corrected chi connectivity index (χ2v) is 3.55. The summed E-state index contributed by atoms with van der Waals surface area (Å²) in [6.45, 7) is 0. The second-order valence-electron chi connectivity index (χ2n) is 3.55. The third-order valence-electron chi connectivity index (χ3n) is 2.56. The number of carbonyl (C=O) groups excluding carboxylic acids is 1. The average molecular weight is 176 g/mol. The summed E-state index contributed by atoms with van der Waals surface area (Å²) in [6, 6.07) is 0. The zero-order chi connectivity index (χ0) is 9.10. The van der Waals surface area contributed by atoms with Gasteiger partial charge in [-0.3, -0.25) is 4.79 Å². The maximum Gasteiger partial charge on any atom is 0.153 e. The van der Waals surface area contributed by atoms with Gasteiger partial charge in [0.15, 0.2) is 6.29 Å². The smallest absolute Gasteiger partial charge is 0.153 e. The van der Waals surface area contributed by atoms with Gasteiger partial charge >= 0.3 is 0 Å². The van der Waals surface area contributed by atoms with E-state index in [-0.39, 0.29) is 0 Å². The third-order valence-corrected chi connectivity index (χ3v) is 2.56. The van der Waals surface area contributed by atoms with Gasteiger partial charge in [0, 0.05) is 18.8 Å². The first kappa shape index (κ1) is 8.35.